The molecule has 26 heavy (non-hydrogen) atoms. The van der Waals surface area contributed by atoms with Crippen molar-refractivity contribution < 1.29 is 19.4 Å². The third-order valence-electron chi connectivity index (χ3n) is 5.27. The number of fused-ring (bicyclic) bond motifs is 1. The topological polar surface area (TPSA) is 66.8 Å². The number of amides is 1. The summed E-state index contributed by atoms with van der Waals surface area (Å²) < 4.78 is 5.73. The SMILES string of the molecule is O=C(O)[C@H]1c2ccccc2C(=O)N(C[C@@H]2CCCO2)[C@H]1c1ccccc1. The van der Waals surface area contributed by atoms with E-state index in [0.29, 0.717) is 24.3 Å². The highest BCUT2D eigenvalue weighted by Crippen LogP contribution is 2.43. The third-order valence-corrected chi connectivity index (χ3v) is 5.27. The van der Waals surface area contributed by atoms with Crippen LogP contribution in [0.25, 0.3) is 0 Å². The van der Waals surface area contributed by atoms with Crippen LogP contribution >= 0.6 is 0 Å². The molecule has 1 N–H and O–H groups in total. The van der Waals surface area contributed by atoms with E-state index >= 15 is 0 Å². The predicted molar refractivity (Wildman–Crippen MR) is 96.0 cm³/mol. The monoisotopic (exact) mass is 351 g/mol. The lowest BCUT2D eigenvalue weighted by Crippen LogP contribution is -2.47. The quantitative estimate of drug-likeness (QED) is 0.918. The van der Waals surface area contributed by atoms with Crippen LogP contribution in [0.1, 0.15) is 46.3 Å². The maximum Gasteiger partial charge on any atom is 0.313 e. The van der Waals surface area contributed by atoms with E-state index in [0.717, 1.165) is 18.4 Å². The summed E-state index contributed by atoms with van der Waals surface area (Å²) in [6.45, 7) is 1.11. The highest BCUT2D eigenvalue weighted by atomic mass is 16.5. The van der Waals surface area contributed by atoms with Gasteiger partial charge in [-0.05, 0) is 30.0 Å². The molecule has 0 unspecified atom stereocenters. The third kappa shape index (κ3) is 2.88. The molecule has 1 amide bonds. The Labute approximate surface area is 152 Å². The van der Waals surface area contributed by atoms with Crippen molar-refractivity contribution in [2.75, 3.05) is 13.2 Å². The summed E-state index contributed by atoms with van der Waals surface area (Å²) in [5, 5.41) is 10.0. The Hall–Kier alpha value is -2.66. The van der Waals surface area contributed by atoms with Gasteiger partial charge in [0.25, 0.3) is 5.91 Å². The first-order chi connectivity index (χ1) is 12.7. The minimum Gasteiger partial charge on any atom is -0.481 e. The number of hydrogen-bond acceptors (Lipinski definition) is 3. The number of aliphatic carboxylic acids is 1. The van der Waals surface area contributed by atoms with Crippen molar-refractivity contribution in [3.63, 3.8) is 0 Å². The first-order valence-corrected chi connectivity index (χ1v) is 8.96. The molecule has 0 radical (unpaired) electrons. The van der Waals surface area contributed by atoms with Crippen molar-refractivity contribution in [1.82, 2.24) is 4.90 Å². The number of carboxylic acid groups (broad SMARTS) is 1. The van der Waals surface area contributed by atoms with Gasteiger partial charge in [0.1, 0.15) is 5.92 Å². The summed E-state index contributed by atoms with van der Waals surface area (Å²) in [6.07, 6.45) is 1.83. The van der Waals surface area contributed by atoms with Crippen LogP contribution < -0.4 is 0 Å². The molecule has 4 rings (SSSR count). The van der Waals surface area contributed by atoms with E-state index in [1.54, 1.807) is 29.2 Å². The van der Waals surface area contributed by atoms with E-state index in [2.05, 4.69) is 0 Å². The fourth-order valence-corrected chi connectivity index (χ4v) is 4.09. The number of carbonyl (C=O) groups is 2. The fourth-order valence-electron chi connectivity index (χ4n) is 4.09. The van der Waals surface area contributed by atoms with Crippen LogP contribution in [0.5, 0.6) is 0 Å². The van der Waals surface area contributed by atoms with E-state index in [-0.39, 0.29) is 12.0 Å². The minimum absolute atomic E-state index is 0.0372. The van der Waals surface area contributed by atoms with E-state index in [1.165, 1.54) is 0 Å². The Balaban J connectivity index is 1.83. The van der Waals surface area contributed by atoms with Crippen LogP contribution in [0.15, 0.2) is 54.6 Å². The van der Waals surface area contributed by atoms with Crippen LogP contribution in [-0.4, -0.2) is 41.1 Å². The highest BCUT2D eigenvalue weighted by Gasteiger charge is 2.45. The van der Waals surface area contributed by atoms with Crippen molar-refractivity contribution in [2.45, 2.75) is 30.9 Å². The molecule has 0 saturated carbocycles. The van der Waals surface area contributed by atoms with Gasteiger partial charge in [0.05, 0.1) is 12.1 Å². The standard InChI is InChI=1S/C21H21NO4/c23-20-17-11-5-4-10-16(17)18(21(24)25)19(14-7-2-1-3-8-14)22(20)13-15-9-6-12-26-15/h1-5,7-8,10-11,15,18-19H,6,9,12-13H2,(H,24,25)/t15-,18-,19-/m0/s1. The van der Waals surface area contributed by atoms with Crippen LogP contribution in [0.4, 0.5) is 0 Å². The van der Waals surface area contributed by atoms with E-state index < -0.39 is 17.9 Å². The van der Waals surface area contributed by atoms with Gasteiger partial charge >= 0.3 is 5.97 Å². The van der Waals surface area contributed by atoms with Gasteiger partial charge in [-0.25, -0.2) is 0 Å². The van der Waals surface area contributed by atoms with Gasteiger partial charge in [-0.2, -0.15) is 0 Å². The zero-order chi connectivity index (χ0) is 18.1. The number of rotatable bonds is 4. The largest absolute Gasteiger partial charge is 0.481 e. The van der Waals surface area contributed by atoms with Crippen molar-refractivity contribution in [3.05, 3.63) is 71.3 Å². The number of hydrogen-bond donors (Lipinski definition) is 1. The molecule has 5 heteroatoms. The van der Waals surface area contributed by atoms with Crippen LogP contribution in [0.2, 0.25) is 0 Å². The van der Waals surface area contributed by atoms with E-state index in [9.17, 15) is 14.7 Å². The summed E-state index contributed by atoms with van der Waals surface area (Å²) in [6, 6.07) is 15.9. The van der Waals surface area contributed by atoms with E-state index in [1.807, 2.05) is 30.3 Å². The molecule has 134 valence electrons. The predicted octanol–water partition coefficient (Wildman–Crippen LogP) is 3.23. The lowest BCUT2D eigenvalue weighted by atomic mass is 9.79. The fraction of sp³-hybridized carbons (Fsp3) is 0.333. The molecule has 2 aromatic rings. The van der Waals surface area contributed by atoms with Crippen molar-refractivity contribution in [2.24, 2.45) is 0 Å². The van der Waals surface area contributed by atoms with Crippen LogP contribution in [-0.2, 0) is 9.53 Å². The Morgan fingerprint density at radius 2 is 1.85 bits per heavy atom. The molecule has 0 aromatic heterocycles. The molecule has 5 nitrogen and oxygen atoms in total. The smallest absolute Gasteiger partial charge is 0.313 e. The summed E-state index contributed by atoms with van der Waals surface area (Å²) in [5.41, 5.74) is 1.90. The number of nitrogens with zero attached hydrogens (tertiary/aromatic N) is 1. The van der Waals surface area contributed by atoms with Gasteiger partial charge < -0.3 is 14.7 Å². The molecule has 2 aliphatic heterocycles. The normalized spacial score (nSPS) is 25.2. The summed E-state index contributed by atoms with van der Waals surface area (Å²) in [4.78, 5) is 27.2. The van der Waals surface area contributed by atoms with Gasteiger partial charge in [-0.3, -0.25) is 9.59 Å². The molecule has 3 atom stereocenters. The zero-order valence-corrected chi connectivity index (χ0v) is 14.4. The molecule has 0 spiro atoms. The maximum absolute atomic E-state index is 13.2. The molecule has 1 saturated heterocycles. The van der Waals surface area contributed by atoms with Crippen molar-refractivity contribution >= 4 is 11.9 Å². The first kappa shape index (κ1) is 16.8. The average molecular weight is 351 g/mol. The molecular formula is C21H21NO4. The van der Waals surface area contributed by atoms with Crippen molar-refractivity contribution in [1.29, 1.82) is 0 Å². The second kappa shape index (κ2) is 6.92. The maximum atomic E-state index is 13.2. The molecular weight excluding hydrogens is 330 g/mol. The highest BCUT2D eigenvalue weighted by molar-refractivity contribution is 6.00. The first-order valence-electron chi connectivity index (χ1n) is 8.96. The van der Waals surface area contributed by atoms with Crippen LogP contribution in [0.3, 0.4) is 0 Å². The van der Waals surface area contributed by atoms with Gasteiger partial charge in [-0.15, -0.1) is 0 Å². The Kier molecular flexibility index (Phi) is 4.47. The molecule has 2 aromatic carbocycles. The molecule has 1 fully saturated rings. The molecule has 0 aliphatic carbocycles. The van der Waals surface area contributed by atoms with Gasteiger partial charge in [0.2, 0.25) is 0 Å². The lowest BCUT2D eigenvalue weighted by Gasteiger charge is -2.41. The second-order valence-electron chi connectivity index (χ2n) is 6.85. The Bertz CT molecular complexity index is 814. The van der Waals surface area contributed by atoms with Gasteiger partial charge in [-0.1, -0.05) is 48.5 Å². The molecule has 2 aliphatic rings. The van der Waals surface area contributed by atoms with Crippen molar-refractivity contribution in [3.8, 4) is 0 Å². The summed E-state index contributed by atoms with van der Waals surface area (Å²) in [5.74, 6) is -1.84. The number of ether oxygens (including phenoxy) is 1. The lowest BCUT2D eigenvalue weighted by molar-refractivity contribution is -0.140. The number of carbonyl (C=O) groups excluding carboxylic acids is 1. The van der Waals surface area contributed by atoms with Gasteiger partial charge in [0.15, 0.2) is 0 Å². The number of benzene rings is 2. The number of carboxylic acids is 1. The average Bonchev–Trinajstić information content (AvgIpc) is 3.17. The second-order valence-corrected chi connectivity index (χ2v) is 6.85. The Morgan fingerprint density at radius 3 is 2.54 bits per heavy atom. The van der Waals surface area contributed by atoms with Gasteiger partial charge in [0, 0.05) is 18.7 Å². The van der Waals surface area contributed by atoms with E-state index in [4.69, 9.17) is 4.74 Å². The molecule has 2 heterocycles. The summed E-state index contributed by atoms with van der Waals surface area (Å²) in [7, 11) is 0. The summed E-state index contributed by atoms with van der Waals surface area (Å²) >= 11 is 0. The van der Waals surface area contributed by atoms with Crippen LogP contribution in [0, 0.1) is 0 Å². The minimum atomic E-state index is -0.920. The Morgan fingerprint density at radius 1 is 1.12 bits per heavy atom. The molecule has 0 bridgehead atoms. The zero-order valence-electron chi connectivity index (χ0n) is 14.4.